The lowest BCUT2D eigenvalue weighted by molar-refractivity contribution is -0.117. The van der Waals surface area contributed by atoms with Crippen molar-refractivity contribution in [2.75, 3.05) is 5.73 Å². The van der Waals surface area contributed by atoms with Gasteiger partial charge in [-0.15, -0.1) is 0 Å². The van der Waals surface area contributed by atoms with Crippen molar-refractivity contribution < 1.29 is 4.79 Å². The van der Waals surface area contributed by atoms with Crippen molar-refractivity contribution in [1.29, 1.82) is 0 Å². The molecule has 1 saturated carbocycles. The van der Waals surface area contributed by atoms with Gasteiger partial charge in [0.05, 0.1) is 17.8 Å². The minimum Gasteiger partial charge on any atom is -0.384 e. The molecule has 3 rings (SSSR count). The molecule has 5 nitrogen and oxygen atoms in total. The first-order chi connectivity index (χ1) is 10.1. The molecule has 0 aliphatic heterocycles. The van der Waals surface area contributed by atoms with Gasteiger partial charge in [0.15, 0.2) is 0 Å². The predicted molar refractivity (Wildman–Crippen MR) is 82.1 cm³/mol. The van der Waals surface area contributed by atoms with E-state index in [1.807, 2.05) is 30.3 Å². The van der Waals surface area contributed by atoms with Crippen LogP contribution in [-0.2, 0) is 11.2 Å². The van der Waals surface area contributed by atoms with E-state index in [2.05, 4.69) is 5.10 Å². The van der Waals surface area contributed by atoms with Crippen molar-refractivity contribution in [1.82, 2.24) is 9.78 Å². The van der Waals surface area contributed by atoms with E-state index < -0.39 is 0 Å². The summed E-state index contributed by atoms with van der Waals surface area (Å²) in [5.41, 5.74) is 14.2. The third kappa shape index (κ3) is 2.91. The third-order valence-corrected chi connectivity index (χ3v) is 4.06. The molecule has 0 saturated heterocycles. The number of amides is 1. The van der Waals surface area contributed by atoms with Gasteiger partial charge in [-0.05, 0) is 30.5 Å². The highest BCUT2D eigenvalue weighted by molar-refractivity contribution is 5.76. The molecule has 0 radical (unpaired) electrons. The fourth-order valence-corrected chi connectivity index (χ4v) is 3.04. The smallest absolute Gasteiger partial charge is 0.221 e. The van der Waals surface area contributed by atoms with Crippen molar-refractivity contribution in [2.45, 2.75) is 38.0 Å². The van der Waals surface area contributed by atoms with E-state index >= 15 is 0 Å². The number of benzene rings is 1. The van der Waals surface area contributed by atoms with Crippen molar-refractivity contribution in [3.63, 3.8) is 0 Å². The van der Waals surface area contributed by atoms with E-state index in [4.69, 9.17) is 11.5 Å². The fraction of sp³-hybridized carbons (Fsp3) is 0.375. The minimum absolute atomic E-state index is 0.227. The van der Waals surface area contributed by atoms with Crippen LogP contribution in [0.1, 0.15) is 42.9 Å². The zero-order chi connectivity index (χ0) is 14.8. The van der Waals surface area contributed by atoms with Gasteiger partial charge >= 0.3 is 0 Å². The Balaban J connectivity index is 1.91. The summed E-state index contributed by atoms with van der Waals surface area (Å²) in [6, 6.07) is 9.59. The highest BCUT2D eigenvalue weighted by Crippen LogP contribution is 2.34. The summed E-state index contributed by atoms with van der Waals surface area (Å²) in [6.45, 7) is 0. The lowest BCUT2D eigenvalue weighted by Gasteiger charge is -2.07. The Bertz CT molecular complexity index is 656. The quantitative estimate of drug-likeness (QED) is 0.901. The van der Waals surface area contributed by atoms with E-state index in [1.165, 1.54) is 25.7 Å². The Morgan fingerprint density at radius 3 is 2.76 bits per heavy atom. The Labute approximate surface area is 123 Å². The zero-order valence-electron chi connectivity index (χ0n) is 12.0. The van der Waals surface area contributed by atoms with Crippen LogP contribution >= 0.6 is 0 Å². The molecule has 5 heteroatoms. The molecule has 1 fully saturated rings. The maximum Gasteiger partial charge on any atom is 0.221 e. The first kappa shape index (κ1) is 13.7. The van der Waals surface area contributed by atoms with Gasteiger partial charge in [-0.3, -0.25) is 4.79 Å². The maximum atomic E-state index is 11.0. The second kappa shape index (κ2) is 5.60. The Morgan fingerprint density at radius 2 is 2.05 bits per heavy atom. The second-order valence-corrected chi connectivity index (χ2v) is 5.70. The van der Waals surface area contributed by atoms with Crippen LogP contribution in [0.15, 0.2) is 30.3 Å². The SMILES string of the molecule is NC(=O)Cc1cccc(-n2nc(C3CCCC3)cc2N)c1. The van der Waals surface area contributed by atoms with Crippen LogP contribution in [0.5, 0.6) is 0 Å². The van der Waals surface area contributed by atoms with Crippen molar-refractivity contribution in [2.24, 2.45) is 5.73 Å². The number of nitrogens with two attached hydrogens (primary N) is 2. The molecular weight excluding hydrogens is 264 g/mol. The number of nitrogens with zero attached hydrogens (tertiary/aromatic N) is 2. The van der Waals surface area contributed by atoms with Gasteiger partial charge in [0, 0.05) is 12.0 Å². The molecule has 110 valence electrons. The molecular formula is C16H20N4O. The van der Waals surface area contributed by atoms with Gasteiger partial charge in [-0.25, -0.2) is 4.68 Å². The monoisotopic (exact) mass is 284 g/mol. The van der Waals surface area contributed by atoms with E-state index in [0.29, 0.717) is 11.7 Å². The van der Waals surface area contributed by atoms with E-state index in [1.54, 1.807) is 4.68 Å². The molecule has 0 bridgehead atoms. The van der Waals surface area contributed by atoms with Crippen LogP contribution in [0.3, 0.4) is 0 Å². The molecule has 1 aromatic heterocycles. The molecule has 0 atom stereocenters. The van der Waals surface area contributed by atoms with Crippen LogP contribution < -0.4 is 11.5 Å². The number of hydrogen-bond donors (Lipinski definition) is 2. The summed E-state index contributed by atoms with van der Waals surface area (Å²) in [5.74, 6) is 0.822. The lowest BCUT2D eigenvalue weighted by atomic mass is 10.1. The number of carbonyl (C=O) groups excluding carboxylic acids is 1. The highest BCUT2D eigenvalue weighted by atomic mass is 16.1. The Kier molecular flexibility index (Phi) is 3.64. The Hall–Kier alpha value is -2.30. The molecule has 1 aromatic carbocycles. The van der Waals surface area contributed by atoms with Crippen molar-refractivity contribution >= 4 is 11.7 Å². The van der Waals surface area contributed by atoms with Crippen LogP contribution in [0.4, 0.5) is 5.82 Å². The van der Waals surface area contributed by atoms with Gasteiger partial charge in [-0.2, -0.15) is 5.10 Å². The molecule has 0 spiro atoms. The van der Waals surface area contributed by atoms with Gasteiger partial charge in [0.1, 0.15) is 5.82 Å². The normalized spacial score (nSPS) is 15.4. The topological polar surface area (TPSA) is 86.9 Å². The number of aromatic nitrogens is 2. The summed E-state index contributed by atoms with van der Waals surface area (Å²) in [6.07, 6.45) is 5.15. The van der Waals surface area contributed by atoms with E-state index in [9.17, 15) is 4.79 Å². The number of anilines is 1. The van der Waals surface area contributed by atoms with Crippen LogP contribution in [0.25, 0.3) is 5.69 Å². The molecule has 1 amide bonds. The van der Waals surface area contributed by atoms with E-state index in [-0.39, 0.29) is 12.3 Å². The summed E-state index contributed by atoms with van der Waals surface area (Å²) >= 11 is 0. The second-order valence-electron chi connectivity index (χ2n) is 5.70. The fourth-order valence-electron chi connectivity index (χ4n) is 3.04. The Morgan fingerprint density at radius 1 is 1.29 bits per heavy atom. The average Bonchev–Trinajstić information content (AvgIpc) is 3.07. The molecule has 21 heavy (non-hydrogen) atoms. The van der Waals surface area contributed by atoms with Gasteiger partial charge < -0.3 is 11.5 Å². The maximum absolute atomic E-state index is 11.0. The number of hydrogen-bond acceptors (Lipinski definition) is 3. The third-order valence-electron chi connectivity index (χ3n) is 4.06. The number of primary amides is 1. The number of nitrogen functional groups attached to an aromatic ring is 1. The predicted octanol–water partition coefficient (Wildman–Crippen LogP) is 2.14. The van der Waals surface area contributed by atoms with Gasteiger partial charge in [0.2, 0.25) is 5.91 Å². The summed E-state index contributed by atoms with van der Waals surface area (Å²) < 4.78 is 1.75. The standard InChI is InChI=1S/C16H20N4O/c17-15-10-14(12-5-1-2-6-12)19-20(15)13-7-3-4-11(8-13)9-16(18)21/h3-4,7-8,10,12H,1-2,5-6,9,17H2,(H2,18,21). The molecule has 1 heterocycles. The van der Waals surface area contributed by atoms with Crippen LogP contribution in [-0.4, -0.2) is 15.7 Å². The minimum atomic E-state index is -0.341. The van der Waals surface area contributed by atoms with Crippen molar-refractivity contribution in [3.8, 4) is 5.69 Å². The van der Waals surface area contributed by atoms with Gasteiger partial charge in [-0.1, -0.05) is 25.0 Å². The summed E-state index contributed by atoms with van der Waals surface area (Å²) in [7, 11) is 0. The number of carbonyl (C=O) groups is 1. The summed E-state index contributed by atoms with van der Waals surface area (Å²) in [4.78, 5) is 11.0. The largest absolute Gasteiger partial charge is 0.384 e. The lowest BCUT2D eigenvalue weighted by Crippen LogP contribution is -2.14. The van der Waals surface area contributed by atoms with Crippen LogP contribution in [0, 0.1) is 0 Å². The molecule has 2 aromatic rings. The van der Waals surface area contributed by atoms with Crippen molar-refractivity contribution in [3.05, 3.63) is 41.6 Å². The molecule has 1 aliphatic carbocycles. The average molecular weight is 284 g/mol. The first-order valence-corrected chi connectivity index (χ1v) is 7.36. The summed E-state index contributed by atoms with van der Waals surface area (Å²) in [5, 5.41) is 4.66. The van der Waals surface area contributed by atoms with Crippen LogP contribution in [0.2, 0.25) is 0 Å². The highest BCUT2D eigenvalue weighted by Gasteiger charge is 2.21. The zero-order valence-corrected chi connectivity index (χ0v) is 12.0. The first-order valence-electron chi connectivity index (χ1n) is 7.36. The van der Waals surface area contributed by atoms with E-state index in [0.717, 1.165) is 16.9 Å². The molecule has 1 aliphatic rings. The molecule has 0 unspecified atom stereocenters. The molecule has 4 N–H and O–H groups in total. The number of rotatable bonds is 4. The van der Waals surface area contributed by atoms with Gasteiger partial charge in [0.25, 0.3) is 0 Å².